The molecule has 2 aliphatic rings. The number of carbonyl (C=O) groups is 1. The van der Waals surface area contributed by atoms with Gasteiger partial charge in [-0.1, -0.05) is 0 Å². The van der Waals surface area contributed by atoms with Gasteiger partial charge in [-0.3, -0.25) is 4.79 Å². The average molecular weight is 402 g/mol. The van der Waals surface area contributed by atoms with Crippen LogP contribution in [-0.4, -0.2) is 48.0 Å². The molecule has 0 bridgehead atoms. The summed E-state index contributed by atoms with van der Waals surface area (Å²) >= 11 is 0. The van der Waals surface area contributed by atoms with E-state index in [1.54, 1.807) is 0 Å². The van der Waals surface area contributed by atoms with Crippen molar-refractivity contribution in [2.45, 2.75) is 19.8 Å². The van der Waals surface area contributed by atoms with Crippen LogP contribution in [0.25, 0.3) is 17.3 Å². The molecule has 0 atom stereocenters. The summed E-state index contributed by atoms with van der Waals surface area (Å²) < 4.78 is 7.97. The van der Waals surface area contributed by atoms with Gasteiger partial charge in [0.15, 0.2) is 5.78 Å². The number of ether oxygens (including phenoxy) is 1. The van der Waals surface area contributed by atoms with E-state index in [0.29, 0.717) is 13.0 Å². The molecule has 0 unspecified atom stereocenters. The Morgan fingerprint density at radius 1 is 1.10 bits per heavy atom. The van der Waals surface area contributed by atoms with E-state index in [1.165, 1.54) is 5.69 Å². The van der Waals surface area contributed by atoms with E-state index in [4.69, 9.17) is 4.74 Å². The van der Waals surface area contributed by atoms with Gasteiger partial charge in [-0.25, -0.2) is 4.98 Å². The minimum Gasteiger partial charge on any atom is -0.492 e. The van der Waals surface area contributed by atoms with Crippen molar-refractivity contribution in [3.8, 4) is 5.75 Å². The number of pyridine rings is 1. The van der Waals surface area contributed by atoms with E-state index in [9.17, 15) is 4.79 Å². The predicted molar refractivity (Wildman–Crippen MR) is 119 cm³/mol. The standard InChI is InChI=1S/C24H26N4O2/c1-17-15-28-16-19(4-6-24(28)26-17)21-13-18-3-5-20(27-10-2-8-25-9-11-27)14-23(18)30-12-7-22(21)29/h3-6,13-16,25H,2,7-12H2,1H3/b21-13-. The number of imidazole rings is 1. The Morgan fingerprint density at radius 2 is 2.03 bits per heavy atom. The molecular formula is C24H26N4O2. The van der Waals surface area contributed by atoms with Gasteiger partial charge in [-0.2, -0.15) is 0 Å². The lowest BCUT2D eigenvalue weighted by Gasteiger charge is -2.24. The van der Waals surface area contributed by atoms with Gasteiger partial charge in [0.2, 0.25) is 0 Å². The average Bonchev–Trinajstić information content (AvgIpc) is 2.92. The zero-order chi connectivity index (χ0) is 20.5. The van der Waals surface area contributed by atoms with Crippen LogP contribution in [0.5, 0.6) is 5.75 Å². The first-order valence-corrected chi connectivity index (χ1v) is 10.6. The minimum atomic E-state index is 0.0968. The molecule has 154 valence electrons. The predicted octanol–water partition coefficient (Wildman–Crippen LogP) is 3.33. The highest BCUT2D eigenvalue weighted by molar-refractivity contribution is 6.25. The summed E-state index contributed by atoms with van der Waals surface area (Å²) in [5.74, 6) is 0.939. The smallest absolute Gasteiger partial charge is 0.166 e. The molecule has 6 nitrogen and oxygen atoms in total. The Labute approximate surface area is 176 Å². The maximum atomic E-state index is 12.9. The van der Waals surface area contributed by atoms with Gasteiger partial charge in [0.1, 0.15) is 11.4 Å². The Hall–Kier alpha value is -3.12. The fourth-order valence-corrected chi connectivity index (χ4v) is 4.21. The highest BCUT2D eigenvalue weighted by Crippen LogP contribution is 2.32. The first-order chi connectivity index (χ1) is 14.7. The molecular weight excluding hydrogens is 376 g/mol. The van der Waals surface area contributed by atoms with Gasteiger partial charge in [0.05, 0.1) is 12.3 Å². The number of ketones is 1. The van der Waals surface area contributed by atoms with Gasteiger partial charge < -0.3 is 19.4 Å². The molecule has 0 amide bonds. The van der Waals surface area contributed by atoms with Crippen molar-refractivity contribution in [1.29, 1.82) is 0 Å². The molecule has 30 heavy (non-hydrogen) atoms. The number of aromatic nitrogens is 2. The topological polar surface area (TPSA) is 58.9 Å². The van der Waals surface area contributed by atoms with Crippen molar-refractivity contribution < 1.29 is 9.53 Å². The fraction of sp³-hybridized carbons (Fsp3) is 0.333. The van der Waals surface area contributed by atoms with Crippen LogP contribution in [0.3, 0.4) is 0 Å². The molecule has 5 rings (SSSR count). The molecule has 1 saturated heterocycles. The highest BCUT2D eigenvalue weighted by Gasteiger charge is 2.19. The quantitative estimate of drug-likeness (QED) is 0.713. The second kappa shape index (κ2) is 7.95. The lowest BCUT2D eigenvalue weighted by atomic mass is 9.97. The van der Waals surface area contributed by atoms with E-state index in [2.05, 4.69) is 33.4 Å². The van der Waals surface area contributed by atoms with E-state index in [-0.39, 0.29) is 5.78 Å². The molecule has 2 aliphatic heterocycles. The third-order valence-corrected chi connectivity index (χ3v) is 5.77. The number of nitrogens with one attached hydrogen (secondary N) is 1. The van der Waals surface area contributed by atoms with Gasteiger partial charge >= 0.3 is 0 Å². The zero-order valence-electron chi connectivity index (χ0n) is 17.2. The molecule has 2 aromatic heterocycles. The monoisotopic (exact) mass is 402 g/mol. The number of carbonyl (C=O) groups excluding carboxylic acids is 1. The third kappa shape index (κ3) is 3.71. The molecule has 1 N–H and O–H groups in total. The highest BCUT2D eigenvalue weighted by atomic mass is 16.5. The first-order valence-electron chi connectivity index (χ1n) is 10.6. The number of nitrogens with zero attached hydrogens (tertiary/aromatic N) is 3. The molecule has 0 saturated carbocycles. The SMILES string of the molecule is Cc1cn2cc(/C3=C/c4ccc(N5CCCNCC5)cc4OCCC3=O)ccc2n1. The van der Waals surface area contributed by atoms with Gasteiger partial charge in [-0.15, -0.1) is 0 Å². The van der Waals surface area contributed by atoms with Crippen LogP contribution >= 0.6 is 0 Å². The molecule has 4 heterocycles. The number of fused-ring (bicyclic) bond motifs is 2. The number of benzene rings is 1. The number of Topliss-reactive ketones (excluding diaryl/α,β-unsaturated/α-hetero) is 1. The Morgan fingerprint density at radius 3 is 2.97 bits per heavy atom. The number of anilines is 1. The Balaban J connectivity index is 1.53. The minimum absolute atomic E-state index is 0.0968. The van der Waals surface area contributed by atoms with Gasteiger partial charge in [0.25, 0.3) is 0 Å². The molecule has 1 fully saturated rings. The number of hydrogen-bond acceptors (Lipinski definition) is 5. The van der Waals surface area contributed by atoms with Crippen LogP contribution in [0.15, 0.2) is 42.7 Å². The van der Waals surface area contributed by atoms with Crippen LogP contribution in [0.2, 0.25) is 0 Å². The van der Waals surface area contributed by atoms with Crippen LogP contribution in [0, 0.1) is 6.92 Å². The summed E-state index contributed by atoms with van der Waals surface area (Å²) in [6.45, 7) is 6.44. The van der Waals surface area contributed by atoms with Gasteiger partial charge in [0, 0.05) is 66.9 Å². The fourth-order valence-electron chi connectivity index (χ4n) is 4.21. The second-order valence-corrected chi connectivity index (χ2v) is 7.96. The normalized spacial score (nSPS) is 19.3. The van der Waals surface area contributed by atoms with Crippen molar-refractivity contribution in [2.75, 3.05) is 37.7 Å². The molecule has 3 aromatic rings. The zero-order valence-corrected chi connectivity index (χ0v) is 17.2. The van der Waals surface area contributed by atoms with E-state index in [1.807, 2.05) is 41.9 Å². The lowest BCUT2D eigenvalue weighted by molar-refractivity contribution is -0.114. The number of hydrogen-bond donors (Lipinski definition) is 1. The van der Waals surface area contributed by atoms with Gasteiger partial charge in [-0.05, 0) is 50.2 Å². The molecule has 1 aromatic carbocycles. The van der Waals surface area contributed by atoms with E-state index in [0.717, 1.165) is 66.4 Å². The van der Waals surface area contributed by atoms with Crippen molar-refractivity contribution in [2.24, 2.45) is 0 Å². The summed E-state index contributed by atoms with van der Waals surface area (Å²) in [4.78, 5) is 19.8. The summed E-state index contributed by atoms with van der Waals surface area (Å²) in [5, 5.41) is 3.44. The molecule has 6 heteroatoms. The largest absolute Gasteiger partial charge is 0.492 e. The van der Waals surface area contributed by atoms with Crippen molar-refractivity contribution in [3.05, 3.63) is 59.5 Å². The lowest BCUT2D eigenvalue weighted by Crippen LogP contribution is -2.27. The summed E-state index contributed by atoms with van der Waals surface area (Å²) in [7, 11) is 0. The summed E-state index contributed by atoms with van der Waals surface area (Å²) in [6.07, 6.45) is 7.43. The van der Waals surface area contributed by atoms with E-state index < -0.39 is 0 Å². The summed E-state index contributed by atoms with van der Waals surface area (Å²) in [5.41, 5.74) is 5.58. The first kappa shape index (κ1) is 18.9. The third-order valence-electron chi connectivity index (χ3n) is 5.77. The summed E-state index contributed by atoms with van der Waals surface area (Å²) in [6, 6.07) is 10.3. The van der Waals surface area contributed by atoms with Crippen LogP contribution in [0.4, 0.5) is 5.69 Å². The van der Waals surface area contributed by atoms with Crippen LogP contribution in [-0.2, 0) is 4.79 Å². The van der Waals surface area contributed by atoms with Crippen molar-refractivity contribution in [3.63, 3.8) is 0 Å². The Kier molecular flexibility index (Phi) is 5.01. The Bertz CT molecular complexity index is 1120. The van der Waals surface area contributed by atoms with E-state index >= 15 is 0 Å². The second-order valence-electron chi connectivity index (χ2n) is 7.96. The number of allylic oxidation sites excluding steroid dienone is 1. The maximum Gasteiger partial charge on any atom is 0.166 e. The maximum absolute atomic E-state index is 12.9. The molecule has 0 spiro atoms. The van der Waals surface area contributed by atoms with Crippen molar-refractivity contribution in [1.82, 2.24) is 14.7 Å². The number of rotatable bonds is 2. The molecule has 0 aliphatic carbocycles. The molecule has 0 radical (unpaired) electrons. The van der Waals surface area contributed by atoms with Crippen LogP contribution in [0.1, 0.15) is 29.7 Å². The van der Waals surface area contributed by atoms with Crippen molar-refractivity contribution >= 4 is 28.8 Å². The number of aryl methyl sites for hydroxylation is 1. The van der Waals surface area contributed by atoms with Crippen LogP contribution < -0.4 is 15.0 Å².